The quantitative estimate of drug-likeness (QED) is 0.492. The number of unbranched alkanes of at least 4 members (excludes halogenated alkanes) is 1. The van der Waals surface area contributed by atoms with Crippen molar-refractivity contribution in [3.8, 4) is 6.07 Å². The van der Waals surface area contributed by atoms with Crippen LogP contribution in [0.4, 0.5) is 10.6 Å². The van der Waals surface area contributed by atoms with Gasteiger partial charge in [-0.25, -0.2) is 14.8 Å². The van der Waals surface area contributed by atoms with Gasteiger partial charge in [0, 0.05) is 26.2 Å². The van der Waals surface area contributed by atoms with Crippen LogP contribution in [-0.4, -0.2) is 66.3 Å². The lowest BCUT2D eigenvalue weighted by Crippen LogP contribution is -2.49. The number of amides is 1. The molecule has 31 heavy (non-hydrogen) atoms. The maximum Gasteiger partial charge on any atom is 0.409 e. The third-order valence-electron chi connectivity index (χ3n) is 5.06. The molecule has 0 radical (unpaired) electrons. The summed E-state index contributed by atoms with van der Waals surface area (Å²) < 4.78 is 10.4. The van der Waals surface area contributed by atoms with Crippen molar-refractivity contribution in [1.29, 1.82) is 5.26 Å². The number of fused-ring (bicyclic) bond motifs is 1. The molecule has 0 bridgehead atoms. The zero-order chi connectivity index (χ0) is 22.2. The first-order valence-corrected chi connectivity index (χ1v) is 10.6. The van der Waals surface area contributed by atoms with Crippen LogP contribution in [0.2, 0.25) is 0 Å². The second-order valence-electron chi connectivity index (χ2n) is 7.18. The van der Waals surface area contributed by atoms with Gasteiger partial charge < -0.3 is 19.3 Å². The lowest BCUT2D eigenvalue weighted by atomic mass is 10.1. The van der Waals surface area contributed by atoms with Crippen LogP contribution < -0.4 is 4.90 Å². The summed E-state index contributed by atoms with van der Waals surface area (Å²) in [4.78, 5) is 37.6. The Kier molecular flexibility index (Phi) is 7.60. The number of nitriles is 1. The number of hydrogen-bond acceptors (Lipinski definition) is 8. The lowest BCUT2D eigenvalue weighted by Gasteiger charge is -2.35. The Morgan fingerprint density at radius 2 is 1.77 bits per heavy atom. The SMILES string of the molecule is CCCCOC(=O)C(C#N)c1nc2ccccc2nc1N1CCN(C(=O)OCC)CC1. The average molecular weight is 425 g/mol. The largest absolute Gasteiger partial charge is 0.464 e. The van der Waals surface area contributed by atoms with Crippen LogP contribution in [0.15, 0.2) is 24.3 Å². The topological polar surface area (TPSA) is 109 Å². The molecule has 9 heteroatoms. The Morgan fingerprint density at radius 3 is 2.39 bits per heavy atom. The van der Waals surface area contributed by atoms with Gasteiger partial charge in [-0.1, -0.05) is 25.5 Å². The molecule has 3 rings (SSSR count). The monoisotopic (exact) mass is 425 g/mol. The van der Waals surface area contributed by atoms with Crippen molar-refractivity contribution >= 4 is 28.9 Å². The van der Waals surface area contributed by atoms with Gasteiger partial charge in [-0.05, 0) is 25.5 Å². The summed E-state index contributed by atoms with van der Waals surface area (Å²) in [5, 5.41) is 9.77. The van der Waals surface area contributed by atoms with E-state index in [-0.39, 0.29) is 18.4 Å². The molecule has 1 unspecified atom stereocenters. The molecule has 1 fully saturated rings. The number of carbonyl (C=O) groups is 2. The standard InChI is InChI=1S/C22H27N5O4/c1-3-5-14-31-21(28)16(15-23)19-20(25-18-9-7-6-8-17(18)24-19)26-10-12-27(13-11-26)22(29)30-4-2/h6-9,16H,3-5,10-14H2,1-2H3. The second-order valence-corrected chi connectivity index (χ2v) is 7.18. The van der Waals surface area contributed by atoms with Crippen molar-refractivity contribution in [2.45, 2.75) is 32.6 Å². The predicted molar refractivity (Wildman–Crippen MR) is 115 cm³/mol. The molecule has 9 nitrogen and oxygen atoms in total. The fourth-order valence-corrected chi connectivity index (χ4v) is 3.37. The van der Waals surface area contributed by atoms with Crippen LogP contribution in [0.3, 0.4) is 0 Å². The minimum absolute atomic E-state index is 0.266. The summed E-state index contributed by atoms with van der Waals surface area (Å²) in [5.41, 5.74) is 1.56. The van der Waals surface area contributed by atoms with E-state index in [9.17, 15) is 14.9 Å². The van der Waals surface area contributed by atoms with Gasteiger partial charge in [-0.2, -0.15) is 5.26 Å². The molecule has 0 spiro atoms. The van der Waals surface area contributed by atoms with Gasteiger partial charge in [0.2, 0.25) is 0 Å². The Labute approximate surface area is 181 Å². The number of piperazine rings is 1. The number of esters is 1. The van der Waals surface area contributed by atoms with Gasteiger partial charge in [0.1, 0.15) is 5.69 Å². The van der Waals surface area contributed by atoms with E-state index in [1.165, 1.54) is 0 Å². The molecule has 0 saturated carbocycles. The number of rotatable bonds is 7. The number of benzene rings is 1. The summed E-state index contributed by atoms with van der Waals surface area (Å²) in [6, 6.07) is 9.37. The highest BCUT2D eigenvalue weighted by atomic mass is 16.6. The van der Waals surface area contributed by atoms with Crippen molar-refractivity contribution in [1.82, 2.24) is 14.9 Å². The third kappa shape index (κ3) is 5.20. The van der Waals surface area contributed by atoms with Crippen LogP contribution in [0.25, 0.3) is 11.0 Å². The molecule has 1 saturated heterocycles. The summed E-state index contributed by atoms with van der Waals surface area (Å²) >= 11 is 0. The van der Waals surface area contributed by atoms with Gasteiger partial charge in [-0.15, -0.1) is 0 Å². The van der Waals surface area contributed by atoms with Crippen LogP contribution in [0.5, 0.6) is 0 Å². The van der Waals surface area contributed by atoms with Crippen LogP contribution >= 0.6 is 0 Å². The van der Waals surface area contributed by atoms with Gasteiger partial charge in [0.25, 0.3) is 0 Å². The molecule has 1 aromatic carbocycles. The molecule has 1 atom stereocenters. The zero-order valence-corrected chi connectivity index (χ0v) is 17.9. The van der Waals surface area contributed by atoms with E-state index in [2.05, 4.69) is 4.98 Å². The number of anilines is 1. The summed E-state index contributed by atoms with van der Waals surface area (Å²) in [6.07, 6.45) is 1.27. The van der Waals surface area contributed by atoms with E-state index in [0.29, 0.717) is 49.6 Å². The summed E-state index contributed by atoms with van der Waals surface area (Å²) in [6.45, 7) is 6.23. The molecule has 1 amide bonds. The highest BCUT2D eigenvalue weighted by molar-refractivity contribution is 5.85. The third-order valence-corrected chi connectivity index (χ3v) is 5.06. The first kappa shape index (κ1) is 22.3. The van der Waals surface area contributed by atoms with Gasteiger partial charge in [0.05, 0.1) is 30.3 Å². The lowest BCUT2D eigenvalue weighted by molar-refractivity contribution is -0.144. The Bertz CT molecular complexity index is 966. The van der Waals surface area contributed by atoms with E-state index in [1.807, 2.05) is 36.1 Å². The molecule has 1 aliphatic heterocycles. The van der Waals surface area contributed by atoms with E-state index in [1.54, 1.807) is 17.9 Å². The summed E-state index contributed by atoms with van der Waals surface area (Å²) in [7, 11) is 0. The molecule has 0 aliphatic carbocycles. The normalized spacial score (nSPS) is 14.7. The fourth-order valence-electron chi connectivity index (χ4n) is 3.37. The first-order chi connectivity index (χ1) is 15.1. The smallest absolute Gasteiger partial charge is 0.409 e. The van der Waals surface area contributed by atoms with E-state index < -0.39 is 11.9 Å². The first-order valence-electron chi connectivity index (χ1n) is 10.6. The predicted octanol–water partition coefficient (Wildman–Crippen LogP) is 2.86. The number of aromatic nitrogens is 2. The molecule has 1 aliphatic rings. The highest BCUT2D eigenvalue weighted by Gasteiger charge is 2.32. The number of hydrogen-bond donors (Lipinski definition) is 0. The average Bonchev–Trinajstić information content (AvgIpc) is 2.79. The van der Waals surface area contributed by atoms with Gasteiger partial charge in [0.15, 0.2) is 11.7 Å². The van der Waals surface area contributed by atoms with Crippen LogP contribution in [0, 0.1) is 11.3 Å². The maximum absolute atomic E-state index is 12.6. The Balaban J connectivity index is 1.90. The van der Waals surface area contributed by atoms with E-state index in [0.717, 1.165) is 12.8 Å². The summed E-state index contributed by atoms with van der Waals surface area (Å²) in [5.74, 6) is -1.32. The fraction of sp³-hybridized carbons (Fsp3) is 0.500. The van der Waals surface area contributed by atoms with Crippen molar-refractivity contribution in [2.75, 3.05) is 44.3 Å². The van der Waals surface area contributed by atoms with Crippen LogP contribution in [0.1, 0.15) is 38.3 Å². The van der Waals surface area contributed by atoms with Crippen molar-refractivity contribution < 1.29 is 19.1 Å². The second kappa shape index (κ2) is 10.6. The molecule has 0 N–H and O–H groups in total. The van der Waals surface area contributed by atoms with Crippen molar-refractivity contribution in [3.63, 3.8) is 0 Å². The van der Waals surface area contributed by atoms with E-state index in [4.69, 9.17) is 14.5 Å². The van der Waals surface area contributed by atoms with Gasteiger partial charge >= 0.3 is 12.1 Å². The number of nitrogens with zero attached hydrogens (tertiary/aromatic N) is 5. The van der Waals surface area contributed by atoms with E-state index >= 15 is 0 Å². The molecule has 2 aromatic rings. The number of para-hydroxylation sites is 2. The van der Waals surface area contributed by atoms with Crippen LogP contribution in [-0.2, 0) is 14.3 Å². The minimum atomic E-state index is -1.17. The number of carbonyl (C=O) groups excluding carboxylic acids is 2. The molecule has 164 valence electrons. The highest BCUT2D eigenvalue weighted by Crippen LogP contribution is 2.28. The zero-order valence-electron chi connectivity index (χ0n) is 17.9. The minimum Gasteiger partial charge on any atom is -0.464 e. The van der Waals surface area contributed by atoms with Gasteiger partial charge in [-0.3, -0.25) is 4.79 Å². The molecular formula is C22H27N5O4. The number of ether oxygens (including phenoxy) is 2. The molecular weight excluding hydrogens is 398 g/mol. The maximum atomic E-state index is 12.6. The molecule has 2 heterocycles. The Hall–Kier alpha value is -3.41. The molecule has 1 aromatic heterocycles. The Morgan fingerprint density at radius 1 is 1.10 bits per heavy atom. The van der Waals surface area contributed by atoms with Crippen molar-refractivity contribution in [2.24, 2.45) is 0 Å². The van der Waals surface area contributed by atoms with Crippen molar-refractivity contribution in [3.05, 3.63) is 30.0 Å².